The first-order valence-corrected chi connectivity index (χ1v) is 9.89. The number of thiophene rings is 1. The van der Waals surface area contributed by atoms with Crippen molar-refractivity contribution >= 4 is 34.5 Å². The Morgan fingerprint density at radius 3 is 2.69 bits per heavy atom. The molecule has 3 aromatic rings. The van der Waals surface area contributed by atoms with Crippen molar-refractivity contribution in [3.63, 3.8) is 0 Å². The number of carbonyl (C=O) groups excluding carboxylic acids is 2. The van der Waals surface area contributed by atoms with Crippen molar-refractivity contribution in [2.45, 2.75) is 13.0 Å². The zero-order valence-corrected chi connectivity index (χ0v) is 16.1. The van der Waals surface area contributed by atoms with Crippen LogP contribution in [0, 0.1) is 10.1 Å². The first-order chi connectivity index (χ1) is 14.0. The smallest absolute Gasteiger partial charge is 0.270 e. The van der Waals surface area contributed by atoms with Gasteiger partial charge in [-0.2, -0.15) is 0 Å². The highest BCUT2D eigenvalue weighted by Gasteiger charge is 2.23. The maximum atomic E-state index is 12.6. The van der Waals surface area contributed by atoms with Crippen molar-refractivity contribution in [1.82, 2.24) is 4.90 Å². The van der Waals surface area contributed by atoms with Crippen LogP contribution in [-0.2, 0) is 13.0 Å². The molecule has 8 heteroatoms. The molecule has 0 atom stereocenters. The summed E-state index contributed by atoms with van der Waals surface area (Å²) >= 11 is 1.42. The number of nitro groups is 1. The molecule has 29 heavy (non-hydrogen) atoms. The molecule has 1 N–H and O–H groups in total. The maximum Gasteiger partial charge on any atom is 0.270 e. The standard InChI is InChI=1S/C21H17N3O4S/c25-20(15-3-1-4-18(12-15)24(27)28)22-17-7-6-14-8-9-23(13-16(14)11-17)21(26)19-5-2-10-29-19/h1-7,10-12H,8-9,13H2,(H,22,25). The summed E-state index contributed by atoms with van der Waals surface area (Å²) in [4.78, 5) is 38.0. The number of amides is 2. The van der Waals surface area contributed by atoms with Gasteiger partial charge in [-0.25, -0.2) is 0 Å². The molecule has 0 unspecified atom stereocenters. The van der Waals surface area contributed by atoms with E-state index >= 15 is 0 Å². The summed E-state index contributed by atoms with van der Waals surface area (Å²) in [6.07, 6.45) is 0.756. The van der Waals surface area contributed by atoms with E-state index in [4.69, 9.17) is 0 Å². The first kappa shape index (κ1) is 18.8. The lowest BCUT2D eigenvalue weighted by Gasteiger charge is -2.29. The largest absolute Gasteiger partial charge is 0.333 e. The number of fused-ring (bicyclic) bond motifs is 1. The molecule has 1 aliphatic rings. The Labute approximate surface area is 170 Å². The van der Waals surface area contributed by atoms with E-state index in [-0.39, 0.29) is 17.2 Å². The number of non-ortho nitro benzene ring substituents is 1. The van der Waals surface area contributed by atoms with Crippen molar-refractivity contribution in [2.24, 2.45) is 0 Å². The summed E-state index contributed by atoms with van der Waals surface area (Å²) < 4.78 is 0. The Kier molecular flexibility index (Phi) is 5.09. The van der Waals surface area contributed by atoms with E-state index in [1.54, 1.807) is 4.90 Å². The Bertz CT molecular complexity index is 1100. The number of benzene rings is 2. The van der Waals surface area contributed by atoms with Crippen LogP contribution in [0.3, 0.4) is 0 Å². The SMILES string of the molecule is O=C(Nc1ccc2c(c1)CN(C(=O)c1cccs1)CC2)c1cccc([N+](=O)[O-])c1. The number of nitrogens with one attached hydrogen (secondary N) is 1. The van der Waals surface area contributed by atoms with Gasteiger partial charge in [-0.1, -0.05) is 18.2 Å². The van der Waals surface area contributed by atoms with Crippen LogP contribution in [0.15, 0.2) is 60.0 Å². The monoisotopic (exact) mass is 407 g/mol. The molecule has 4 rings (SSSR count). The molecule has 0 fully saturated rings. The Hall–Kier alpha value is -3.52. The predicted octanol–water partition coefficient (Wildman–Crippen LogP) is 4.11. The van der Waals surface area contributed by atoms with E-state index < -0.39 is 10.8 Å². The van der Waals surface area contributed by atoms with Crippen LogP contribution in [0.25, 0.3) is 0 Å². The average molecular weight is 407 g/mol. The maximum absolute atomic E-state index is 12.6. The van der Waals surface area contributed by atoms with E-state index in [2.05, 4.69) is 5.32 Å². The molecule has 1 aliphatic heterocycles. The summed E-state index contributed by atoms with van der Waals surface area (Å²) in [6.45, 7) is 1.13. The van der Waals surface area contributed by atoms with Crippen molar-refractivity contribution in [3.8, 4) is 0 Å². The molecule has 0 spiro atoms. The lowest BCUT2D eigenvalue weighted by molar-refractivity contribution is -0.384. The Balaban J connectivity index is 1.50. The topological polar surface area (TPSA) is 92.6 Å². The molecule has 2 amide bonds. The minimum atomic E-state index is -0.533. The Morgan fingerprint density at radius 2 is 1.93 bits per heavy atom. The highest BCUT2D eigenvalue weighted by Crippen LogP contribution is 2.25. The van der Waals surface area contributed by atoms with Crippen LogP contribution in [0.5, 0.6) is 0 Å². The summed E-state index contributed by atoms with van der Waals surface area (Å²) in [5.41, 5.74) is 2.80. The van der Waals surface area contributed by atoms with Gasteiger partial charge in [0.25, 0.3) is 17.5 Å². The van der Waals surface area contributed by atoms with Crippen molar-refractivity contribution in [3.05, 3.63) is 91.7 Å². The summed E-state index contributed by atoms with van der Waals surface area (Å²) in [7, 11) is 0. The number of hydrogen-bond donors (Lipinski definition) is 1. The number of nitro benzene ring substituents is 1. The molecule has 0 saturated carbocycles. The van der Waals surface area contributed by atoms with Crippen LogP contribution in [0.2, 0.25) is 0 Å². The van der Waals surface area contributed by atoms with Gasteiger partial charge in [0.05, 0.1) is 9.80 Å². The number of rotatable bonds is 4. The van der Waals surface area contributed by atoms with Gasteiger partial charge in [0.1, 0.15) is 0 Å². The second-order valence-corrected chi connectivity index (χ2v) is 7.65. The molecule has 2 heterocycles. The lowest BCUT2D eigenvalue weighted by Crippen LogP contribution is -2.35. The highest BCUT2D eigenvalue weighted by molar-refractivity contribution is 7.12. The van der Waals surface area contributed by atoms with Gasteiger partial charge < -0.3 is 10.2 Å². The molecule has 0 saturated heterocycles. The third-order valence-corrected chi connectivity index (χ3v) is 5.67. The number of nitrogens with zero attached hydrogens (tertiary/aromatic N) is 2. The average Bonchev–Trinajstić information content (AvgIpc) is 3.27. The minimum Gasteiger partial charge on any atom is -0.333 e. The van der Waals surface area contributed by atoms with E-state index in [0.29, 0.717) is 23.7 Å². The zero-order valence-electron chi connectivity index (χ0n) is 15.3. The molecule has 1 aromatic heterocycles. The second kappa shape index (κ2) is 7.84. The molecule has 0 bridgehead atoms. The predicted molar refractivity (Wildman–Crippen MR) is 110 cm³/mol. The zero-order chi connectivity index (χ0) is 20.4. The van der Waals surface area contributed by atoms with Crippen LogP contribution in [-0.4, -0.2) is 28.2 Å². The van der Waals surface area contributed by atoms with Crippen LogP contribution in [0.1, 0.15) is 31.2 Å². The minimum absolute atomic E-state index is 0.0108. The summed E-state index contributed by atoms with van der Waals surface area (Å²) in [5.74, 6) is -0.410. The molecular formula is C21H17N3O4S. The second-order valence-electron chi connectivity index (χ2n) is 6.70. The fourth-order valence-corrected chi connectivity index (χ4v) is 4.02. The molecule has 2 aromatic carbocycles. The normalized spacial score (nSPS) is 12.9. The van der Waals surface area contributed by atoms with Crippen LogP contribution >= 0.6 is 11.3 Å². The summed E-state index contributed by atoms with van der Waals surface area (Å²) in [6, 6.07) is 14.9. The number of carbonyl (C=O) groups is 2. The van der Waals surface area contributed by atoms with Gasteiger partial charge in [-0.3, -0.25) is 19.7 Å². The van der Waals surface area contributed by atoms with E-state index in [1.165, 1.54) is 35.6 Å². The highest BCUT2D eigenvalue weighted by atomic mass is 32.1. The quantitative estimate of drug-likeness (QED) is 0.520. The van der Waals surface area contributed by atoms with Gasteiger partial charge in [0.2, 0.25) is 0 Å². The van der Waals surface area contributed by atoms with E-state index in [0.717, 1.165) is 17.5 Å². The van der Waals surface area contributed by atoms with Crippen LogP contribution < -0.4 is 5.32 Å². The molecule has 7 nitrogen and oxygen atoms in total. The fourth-order valence-electron chi connectivity index (χ4n) is 3.33. The Morgan fingerprint density at radius 1 is 1.07 bits per heavy atom. The first-order valence-electron chi connectivity index (χ1n) is 9.01. The van der Waals surface area contributed by atoms with Crippen molar-refractivity contribution < 1.29 is 14.5 Å². The number of hydrogen-bond acceptors (Lipinski definition) is 5. The van der Waals surface area contributed by atoms with Gasteiger partial charge in [-0.05, 0) is 47.2 Å². The van der Waals surface area contributed by atoms with Gasteiger partial charge in [0.15, 0.2) is 0 Å². The van der Waals surface area contributed by atoms with E-state index in [9.17, 15) is 19.7 Å². The molecule has 146 valence electrons. The van der Waals surface area contributed by atoms with Gasteiger partial charge in [0, 0.05) is 36.5 Å². The van der Waals surface area contributed by atoms with Gasteiger partial charge >= 0.3 is 0 Å². The molecular weight excluding hydrogens is 390 g/mol. The van der Waals surface area contributed by atoms with Crippen molar-refractivity contribution in [2.75, 3.05) is 11.9 Å². The summed E-state index contributed by atoms with van der Waals surface area (Å²) in [5, 5.41) is 15.6. The lowest BCUT2D eigenvalue weighted by atomic mass is 9.98. The fraction of sp³-hybridized carbons (Fsp3) is 0.143. The third kappa shape index (κ3) is 4.02. The van der Waals surface area contributed by atoms with Crippen LogP contribution in [0.4, 0.5) is 11.4 Å². The third-order valence-electron chi connectivity index (χ3n) is 4.81. The molecule has 0 radical (unpaired) electrons. The van der Waals surface area contributed by atoms with E-state index in [1.807, 2.05) is 35.7 Å². The molecule has 0 aliphatic carbocycles. The van der Waals surface area contributed by atoms with Crippen molar-refractivity contribution in [1.29, 1.82) is 0 Å². The van der Waals surface area contributed by atoms with Gasteiger partial charge in [-0.15, -0.1) is 11.3 Å². The number of anilines is 1.